The van der Waals surface area contributed by atoms with E-state index in [0.717, 1.165) is 12.1 Å². The van der Waals surface area contributed by atoms with E-state index in [1.807, 2.05) is 0 Å². The van der Waals surface area contributed by atoms with Gasteiger partial charge >= 0.3 is 6.09 Å². The van der Waals surface area contributed by atoms with Crippen LogP contribution in [-0.2, 0) is 28.4 Å². The minimum atomic E-state index is -3.39. The van der Waals surface area contributed by atoms with E-state index in [-0.39, 0.29) is 30.4 Å². The minimum Gasteiger partial charge on any atom is -0.453 e. The van der Waals surface area contributed by atoms with Crippen molar-refractivity contribution in [2.24, 2.45) is 5.92 Å². The Labute approximate surface area is 253 Å². The largest absolute Gasteiger partial charge is 0.453 e. The minimum absolute atomic E-state index is 0.0494. The summed E-state index contributed by atoms with van der Waals surface area (Å²) in [5.41, 5.74) is 0.729. The molecular weight excluding hydrogens is 602 g/mol. The molecule has 2 aliphatic rings. The summed E-state index contributed by atoms with van der Waals surface area (Å²) < 4.78 is 91.2. The number of anilines is 1. The van der Waals surface area contributed by atoms with E-state index < -0.39 is 71.5 Å². The number of hydrogen-bond donors (Lipinski definition) is 1. The van der Waals surface area contributed by atoms with E-state index in [2.05, 4.69) is 20.1 Å². The summed E-state index contributed by atoms with van der Waals surface area (Å²) in [5, 5.41) is 6.28. The Morgan fingerprint density at radius 2 is 1.78 bits per heavy atom. The number of carbonyl (C=O) groups is 2. The molecule has 2 aromatic carbocycles. The molecule has 2 aliphatic carbocycles. The van der Waals surface area contributed by atoms with Crippen molar-refractivity contribution < 1.29 is 40.7 Å². The second-order valence-corrected chi connectivity index (χ2v) is 11.2. The fourth-order valence-electron chi connectivity index (χ4n) is 6.25. The van der Waals surface area contributed by atoms with Gasteiger partial charge in [0.15, 0.2) is 5.78 Å². The van der Waals surface area contributed by atoms with Gasteiger partial charge < -0.3 is 4.74 Å². The zero-order chi connectivity index (χ0) is 32.0. The van der Waals surface area contributed by atoms with Crippen LogP contribution in [0, 0.1) is 17.6 Å². The summed E-state index contributed by atoms with van der Waals surface area (Å²) in [6.45, 7) is -0.686. The Bertz CT molecular complexity index is 1750. The van der Waals surface area contributed by atoms with E-state index >= 15 is 8.78 Å². The first-order valence-electron chi connectivity index (χ1n) is 14.1. The summed E-state index contributed by atoms with van der Waals surface area (Å²) in [6.07, 6.45) is -2.53. The van der Waals surface area contributed by atoms with Crippen LogP contribution < -0.4 is 5.32 Å². The number of benzene rings is 2. The SMILES string of the molecule is COC(=O)Nc1ccc(-c2cccnc2[C@@H](CC(=O)Cn2nc(C(F)F)c3c2C(F)(F)C2CC32)Cc2cc(F)cc(F)c2)cc1. The molecule has 2 heterocycles. The van der Waals surface area contributed by atoms with Crippen LogP contribution in [0.15, 0.2) is 60.8 Å². The molecule has 0 aliphatic heterocycles. The summed E-state index contributed by atoms with van der Waals surface area (Å²) in [7, 11) is 1.23. The molecule has 2 unspecified atom stereocenters. The van der Waals surface area contributed by atoms with Crippen LogP contribution in [-0.4, -0.2) is 33.8 Å². The number of alkyl halides is 4. The molecule has 13 heteroatoms. The normalized spacial score (nSPS) is 18.3. The van der Waals surface area contributed by atoms with Crippen molar-refractivity contribution in [3.05, 3.63) is 101 Å². The van der Waals surface area contributed by atoms with Crippen LogP contribution in [0.2, 0.25) is 0 Å². The molecule has 0 bridgehead atoms. The van der Waals surface area contributed by atoms with Crippen LogP contribution in [0.3, 0.4) is 0 Å². The van der Waals surface area contributed by atoms with Gasteiger partial charge in [-0.1, -0.05) is 18.2 Å². The number of ketones is 1. The van der Waals surface area contributed by atoms with E-state index in [1.165, 1.54) is 13.3 Å². The van der Waals surface area contributed by atoms with E-state index in [1.54, 1.807) is 36.4 Å². The number of methoxy groups -OCH3 is 1. The Hall–Kier alpha value is -4.68. The third-order valence-electron chi connectivity index (χ3n) is 8.22. The van der Waals surface area contributed by atoms with Gasteiger partial charge in [0, 0.05) is 47.3 Å². The van der Waals surface area contributed by atoms with Crippen molar-refractivity contribution in [3.8, 4) is 11.1 Å². The highest BCUT2D eigenvalue weighted by atomic mass is 19.3. The Morgan fingerprint density at radius 1 is 1.07 bits per heavy atom. The van der Waals surface area contributed by atoms with Crippen molar-refractivity contribution in [2.45, 2.75) is 50.0 Å². The zero-order valence-corrected chi connectivity index (χ0v) is 23.7. The molecule has 45 heavy (non-hydrogen) atoms. The number of Topliss-reactive ketones (excluding diaryl/α,β-unsaturated/α-hetero) is 1. The first-order valence-corrected chi connectivity index (χ1v) is 14.1. The third-order valence-corrected chi connectivity index (χ3v) is 8.22. The Balaban J connectivity index is 1.33. The number of amides is 1. The maximum absolute atomic E-state index is 15.1. The highest BCUT2D eigenvalue weighted by molar-refractivity contribution is 5.85. The quantitative estimate of drug-likeness (QED) is 0.184. The maximum Gasteiger partial charge on any atom is 0.411 e. The predicted octanol–water partition coefficient (Wildman–Crippen LogP) is 7.53. The first-order chi connectivity index (χ1) is 21.5. The molecule has 0 radical (unpaired) electrons. The molecule has 0 spiro atoms. The first kappa shape index (κ1) is 30.4. The number of carbonyl (C=O) groups excluding carboxylic acids is 2. The van der Waals surface area contributed by atoms with Crippen LogP contribution in [0.5, 0.6) is 0 Å². The molecule has 4 aromatic rings. The highest BCUT2D eigenvalue weighted by Crippen LogP contribution is 2.68. The van der Waals surface area contributed by atoms with Gasteiger partial charge in [-0.05, 0) is 60.2 Å². The number of hydrogen-bond acceptors (Lipinski definition) is 5. The molecule has 1 saturated carbocycles. The van der Waals surface area contributed by atoms with Gasteiger partial charge in [0.1, 0.15) is 29.6 Å². The van der Waals surface area contributed by atoms with Crippen LogP contribution >= 0.6 is 0 Å². The molecular formula is C32H26F6N4O3. The second kappa shape index (κ2) is 11.7. The zero-order valence-electron chi connectivity index (χ0n) is 23.7. The predicted molar refractivity (Wildman–Crippen MR) is 150 cm³/mol. The third kappa shape index (κ3) is 5.90. The number of ether oxygens (including phenoxy) is 1. The molecule has 6 rings (SSSR count). The summed E-state index contributed by atoms with van der Waals surface area (Å²) in [6, 6.07) is 13.0. The number of nitrogens with zero attached hydrogens (tertiary/aromatic N) is 3. The van der Waals surface area contributed by atoms with Crippen LogP contribution in [0.25, 0.3) is 11.1 Å². The van der Waals surface area contributed by atoms with Crippen molar-refractivity contribution in [2.75, 3.05) is 12.4 Å². The van der Waals surface area contributed by atoms with Gasteiger partial charge in [0.25, 0.3) is 12.3 Å². The summed E-state index contributed by atoms with van der Waals surface area (Å²) >= 11 is 0. The number of halogens is 6. The summed E-state index contributed by atoms with van der Waals surface area (Å²) in [5.74, 6) is -8.21. The molecule has 1 amide bonds. The smallest absolute Gasteiger partial charge is 0.411 e. The van der Waals surface area contributed by atoms with Gasteiger partial charge in [-0.25, -0.2) is 22.4 Å². The molecule has 0 saturated heterocycles. The second-order valence-electron chi connectivity index (χ2n) is 11.2. The van der Waals surface area contributed by atoms with E-state index in [0.29, 0.717) is 33.3 Å². The van der Waals surface area contributed by atoms with Gasteiger partial charge in [-0.15, -0.1) is 0 Å². The van der Waals surface area contributed by atoms with Gasteiger partial charge in [0.2, 0.25) is 0 Å². The summed E-state index contributed by atoms with van der Waals surface area (Å²) in [4.78, 5) is 29.6. The topological polar surface area (TPSA) is 86.1 Å². The van der Waals surface area contributed by atoms with Crippen molar-refractivity contribution in [3.63, 3.8) is 0 Å². The maximum atomic E-state index is 15.1. The van der Waals surface area contributed by atoms with E-state index in [9.17, 15) is 27.2 Å². The molecule has 1 fully saturated rings. The standard InChI is InChI=1S/C32H26F6N4O3/c1-45-31(44)40-21-6-4-17(5-7-21)23-3-2-8-39-27(23)18(9-16-10-19(33)13-20(34)11-16)12-22(43)15-42-29-26(28(41-42)30(35)36)24-14-25(24)32(29,37)38/h2-8,10-11,13,18,24-25,30H,9,12,14-15H2,1H3,(H,40,44)/t18-,24?,25?/m1/s1. The number of fused-ring (bicyclic) bond motifs is 3. The molecule has 3 atom stereocenters. The number of nitrogens with one attached hydrogen (secondary N) is 1. The molecule has 1 N–H and O–H groups in total. The molecule has 2 aromatic heterocycles. The molecule has 234 valence electrons. The Kier molecular flexibility index (Phi) is 7.88. The van der Waals surface area contributed by atoms with Crippen LogP contribution in [0.4, 0.5) is 36.8 Å². The van der Waals surface area contributed by atoms with E-state index in [4.69, 9.17) is 0 Å². The van der Waals surface area contributed by atoms with Crippen LogP contribution in [0.1, 0.15) is 59.3 Å². The van der Waals surface area contributed by atoms with Gasteiger partial charge in [-0.2, -0.15) is 13.9 Å². The lowest BCUT2D eigenvalue weighted by molar-refractivity contribution is -0.120. The average molecular weight is 629 g/mol. The molecule has 7 nitrogen and oxygen atoms in total. The van der Waals surface area contributed by atoms with Crippen molar-refractivity contribution in [1.82, 2.24) is 14.8 Å². The highest BCUT2D eigenvalue weighted by Gasteiger charge is 2.67. The Morgan fingerprint density at radius 3 is 2.44 bits per heavy atom. The monoisotopic (exact) mass is 628 g/mol. The number of pyridine rings is 1. The average Bonchev–Trinajstić information content (AvgIpc) is 3.65. The number of rotatable bonds is 10. The van der Waals surface area contributed by atoms with Crippen molar-refractivity contribution in [1.29, 1.82) is 0 Å². The fourth-order valence-corrected chi connectivity index (χ4v) is 6.25. The van der Waals surface area contributed by atoms with Crippen molar-refractivity contribution >= 4 is 17.6 Å². The lowest BCUT2D eigenvalue weighted by Gasteiger charge is -2.21. The lowest BCUT2D eigenvalue weighted by Crippen LogP contribution is -2.24. The number of aromatic nitrogens is 3. The van der Waals surface area contributed by atoms with Gasteiger partial charge in [-0.3, -0.25) is 19.8 Å². The van der Waals surface area contributed by atoms with Gasteiger partial charge in [0.05, 0.1) is 12.8 Å². The lowest BCUT2D eigenvalue weighted by atomic mass is 9.86. The fraction of sp³-hybridized carbons (Fsp3) is 0.312.